The van der Waals surface area contributed by atoms with E-state index in [0.717, 1.165) is 6.42 Å². The molecule has 0 saturated carbocycles. The van der Waals surface area contributed by atoms with Gasteiger partial charge >= 0.3 is 0 Å². The van der Waals surface area contributed by atoms with Gasteiger partial charge in [-0.2, -0.15) is 0 Å². The molecule has 2 N–H and O–H groups in total. The topological polar surface area (TPSA) is 69.4 Å². The second-order valence-electron chi connectivity index (χ2n) is 2.75. The van der Waals surface area contributed by atoms with Crippen molar-refractivity contribution in [1.82, 2.24) is 0 Å². The molecule has 0 amide bonds. The lowest BCUT2D eigenvalue weighted by Gasteiger charge is -2.08. The van der Waals surface area contributed by atoms with Crippen LogP contribution >= 0.6 is 0 Å². The Morgan fingerprint density at radius 1 is 1.27 bits per heavy atom. The molecule has 1 unspecified atom stereocenters. The third-order valence-corrected chi connectivity index (χ3v) is 3.26. The van der Waals surface area contributed by atoms with Gasteiger partial charge in [0.25, 0.3) is 0 Å². The minimum Gasteiger partial charge on any atom is -0.381 e. The summed E-state index contributed by atoms with van der Waals surface area (Å²) in [6, 6.07) is 0. The molecule has 5 heteroatoms. The average Bonchev–Trinajstić information content (AvgIpc) is 2.10. The Bertz CT molecular complexity index is 204. The monoisotopic (exact) mass is 179 g/mol. The fraction of sp³-hybridized carbons (Fsp3) is 1.00. The number of sulfonamides is 1. The maximum absolute atomic E-state index is 10.9. The van der Waals surface area contributed by atoms with E-state index < -0.39 is 10.0 Å². The van der Waals surface area contributed by atoms with E-state index >= 15 is 0 Å². The van der Waals surface area contributed by atoms with Crippen molar-refractivity contribution < 1.29 is 13.2 Å². The van der Waals surface area contributed by atoms with E-state index in [4.69, 9.17) is 9.88 Å². The van der Waals surface area contributed by atoms with Gasteiger partial charge in [0, 0.05) is 13.2 Å². The molecule has 66 valence electrons. The molecule has 1 atom stereocenters. The number of hydrogen-bond acceptors (Lipinski definition) is 3. The SMILES string of the molecule is NS(=O)(=O)C1CCCOCC1. The highest BCUT2D eigenvalue weighted by Gasteiger charge is 2.22. The summed E-state index contributed by atoms with van der Waals surface area (Å²) in [6.07, 6.45) is 1.97. The lowest BCUT2D eigenvalue weighted by molar-refractivity contribution is 0.144. The Morgan fingerprint density at radius 2 is 2.00 bits per heavy atom. The number of ether oxygens (including phenoxy) is 1. The second-order valence-corrected chi connectivity index (χ2v) is 4.60. The molecule has 0 bridgehead atoms. The van der Waals surface area contributed by atoms with Gasteiger partial charge in [0.1, 0.15) is 0 Å². The maximum atomic E-state index is 10.9. The van der Waals surface area contributed by atoms with Gasteiger partial charge in [-0.1, -0.05) is 0 Å². The van der Waals surface area contributed by atoms with Gasteiger partial charge in [-0.05, 0) is 19.3 Å². The first-order valence-electron chi connectivity index (χ1n) is 3.70. The number of nitrogens with two attached hydrogens (primary N) is 1. The van der Waals surface area contributed by atoms with Crippen LogP contribution in [-0.2, 0) is 14.8 Å². The highest BCUT2D eigenvalue weighted by Crippen LogP contribution is 2.13. The van der Waals surface area contributed by atoms with Crippen molar-refractivity contribution >= 4 is 10.0 Å². The zero-order chi connectivity index (χ0) is 8.32. The van der Waals surface area contributed by atoms with Crippen LogP contribution in [0.2, 0.25) is 0 Å². The Hall–Kier alpha value is -0.130. The largest absolute Gasteiger partial charge is 0.381 e. The van der Waals surface area contributed by atoms with Crippen molar-refractivity contribution in [2.24, 2.45) is 5.14 Å². The first kappa shape index (κ1) is 8.96. The first-order valence-corrected chi connectivity index (χ1v) is 5.31. The molecule has 1 rings (SSSR count). The first-order chi connectivity index (χ1) is 5.11. The molecule has 0 aromatic heterocycles. The highest BCUT2D eigenvalue weighted by molar-refractivity contribution is 7.89. The van der Waals surface area contributed by atoms with E-state index in [0.29, 0.717) is 26.1 Å². The second kappa shape index (κ2) is 3.51. The summed E-state index contributed by atoms with van der Waals surface area (Å²) in [4.78, 5) is 0. The molecular weight excluding hydrogens is 166 g/mol. The molecule has 1 aliphatic heterocycles. The molecule has 0 spiro atoms. The Balaban J connectivity index is 2.57. The van der Waals surface area contributed by atoms with Crippen molar-refractivity contribution in [3.05, 3.63) is 0 Å². The third-order valence-electron chi connectivity index (χ3n) is 1.86. The van der Waals surface area contributed by atoms with Crippen molar-refractivity contribution in [1.29, 1.82) is 0 Å². The zero-order valence-electron chi connectivity index (χ0n) is 6.32. The van der Waals surface area contributed by atoms with Gasteiger partial charge in [0.05, 0.1) is 5.25 Å². The van der Waals surface area contributed by atoms with Crippen molar-refractivity contribution in [3.8, 4) is 0 Å². The molecular formula is C6H13NO3S. The summed E-state index contributed by atoms with van der Waals surface area (Å²) >= 11 is 0. The predicted molar refractivity (Wildman–Crippen MR) is 41.6 cm³/mol. The average molecular weight is 179 g/mol. The summed E-state index contributed by atoms with van der Waals surface area (Å²) in [6.45, 7) is 1.17. The standard InChI is InChI=1S/C6H13NO3S/c7-11(8,9)6-2-1-4-10-5-3-6/h6H,1-5H2,(H2,7,8,9). The minimum absolute atomic E-state index is 0.384. The van der Waals surface area contributed by atoms with Gasteiger partial charge in [-0.25, -0.2) is 13.6 Å². The molecule has 1 aliphatic rings. The van der Waals surface area contributed by atoms with Crippen LogP contribution in [0.15, 0.2) is 0 Å². The Kier molecular flexibility index (Phi) is 2.86. The van der Waals surface area contributed by atoms with Crippen molar-refractivity contribution in [3.63, 3.8) is 0 Å². The lowest BCUT2D eigenvalue weighted by atomic mass is 10.2. The Morgan fingerprint density at radius 3 is 2.64 bits per heavy atom. The van der Waals surface area contributed by atoms with Crippen molar-refractivity contribution in [2.45, 2.75) is 24.5 Å². The molecule has 0 aliphatic carbocycles. The number of rotatable bonds is 1. The molecule has 0 aromatic carbocycles. The molecule has 1 saturated heterocycles. The van der Waals surface area contributed by atoms with E-state index in [1.165, 1.54) is 0 Å². The summed E-state index contributed by atoms with van der Waals surface area (Å²) in [5.41, 5.74) is 0. The smallest absolute Gasteiger partial charge is 0.212 e. The van der Waals surface area contributed by atoms with Crippen molar-refractivity contribution in [2.75, 3.05) is 13.2 Å². The van der Waals surface area contributed by atoms with Gasteiger partial charge in [-0.15, -0.1) is 0 Å². The lowest BCUT2D eigenvalue weighted by Crippen LogP contribution is -2.28. The fourth-order valence-electron chi connectivity index (χ4n) is 1.20. The van der Waals surface area contributed by atoms with Crippen LogP contribution in [-0.4, -0.2) is 26.9 Å². The van der Waals surface area contributed by atoms with Crippen LogP contribution in [0.3, 0.4) is 0 Å². The Labute approximate surface area is 66.8 Å². The van der Waals surface area contributed by atoms with Crippen LogP contribution in [0.5, 0.6) is 0 Å². The van der Waals surface area contributed by atoms with E-state index in [9.17, 15) is 8.42 Å². The van der Waals surface area contributed by atoms with E-state index in [1.54, 1.807) is 0 Å². The summed E-state index contributed by atoms with van der Waals surface area (Å²) in [5.74, 6) is 0. The van der Waals surface area contributed by atoms with E-state index in [-0.39, 0.29) is 5.25 Å². The molecule has 1 heterocycles. The normalized spacial score (nSPS) is 27.9. The predicted octanol–water partition coefficient (Wildman–Crippen LogP) is -0.156. The van der Waals surface area contributed by atoms with E-state index in [2.05, 4.69) is 0 Å². The molecule has 1 fully saturated rings. The number of primary sulfonamides is 1. The van der Waals surface area contributed by atoms with Crippen LogP contribution in [0.4, 0.5) is 0 Å². The van der Waals surface area contributed by atoms with Gasteiger partial charge in [0.15, 0.2) is 0 Å². The molecule has 0 aromatic rings. The molecule has 4 nitrogen and oxygen atoms in total. The minimum atomic E-state index is -3.33. The van der Waals surface area contributed by atoms with Crippen LogP contribution in [0, 0.1) is 0 Å². The van der Waals surface area contributed by atoms with Crippen LogP contribution < -0.4 is 5.14 Å². The summed E-state index contributed by atoms with van der Waals surface area (Å²) in [5, 5.41) is 4.61. The molecule has 11 heavy (non-hydrogen) atoms. The van der Waals surface area contributed by atoms with Crippen LogP contribution in [0.1, 0.15) is 19.3 Å². The summed E-state index contributed by atoms with van der Waals surface area (Å²) < 4.78 is 26.8. The van der Waals surface area contributed by atoms with Crippen LogP contribution in [0.25, 0.3) is 0 Å². The fourth-order valence-corrected chi connectivity index (χ4v) is 2.12. The summed E-state index contributed by atoms with van der Waals surface area (Å²) in [7, 11) is -3.33. The van der Waals surface area contributed by atoms with Gasteiger partial charge < -0.3 is 4.74 Å². The number of hydrogen-bond donors (Lipinski definition) is 1. The third kappa shape index (κ3) is 2.76. The van der Waals surface area contributed by atoms with Gasteiger partial charge in [-0.3, -0.25) is 0 Å². The highest BCUT2D eigenvalue weighted by atomic mass is 32.2. The van der Waals surface area contributed by atoms with Gasteiger partial charge in [0.2, 0.25) is 10.0 Å². The maximum Gasteiger partial charge on any atom is 0.212 e. The van der Waals surface area contributed by atoms with E-state index in [1.807, 2.05) is 0 Å². The molecule has 0 radical (unpaired) electrons. The zero-order valence-corrected chi connectivity index (χ0v) is 7.14. The quantitative estimate of drug-likeness (QED) is 0.608.